The van der Waals surface area contributed by atoms with Gasteiger partial charge in [0.25, 0.3) is 0 Å². The molecule has 2 heteroatoms. The summed E-state index contributed by atoms with van der Waals surface area (Å²) in [4.78, 5) is 0. The maximum Gasteiger partial charge on any atom is 0.0334 e. The molecule has 0 amide bonds. The fourth-order valence-electron chi connectivity index (χ4n) is 1.21. The molecule has 0 saturated carbocycles. The molecule has 1 rings (SSSR count). The summed E-state index contributed by atoms with van der Waals surface area (Å²) in [6.45, 7) is 6.12. The quantitative estimate of drug-likeness (QED) is 0.700. The van der Waals surface area contributed by atoms with Gasteiger partial charge >= 0.3 is 0 Å². The molecule has 0 aliphatic heterocycles. The van der Waals surface area contributed by atoms with E-state index in [1.807, 2.05) is 6.07 Å². The van der Waals surface area contributed by atoms with E-state index in [0.29, 0.717) is 12.5 Å². The van der Waals surface area contributed by atoms with E-state index in [-0.39, 0.29) is 0 Å². The van der Waals surface area contributed by atoms with Crippen molar-refractivity contribution in [1.82, 2.24) is 4.57 Å². The van der Waals surface area contributed by atoms with Crippen LogP contribution in [-0.4, -0.2) is 4.57 Å². The second kappa shape index (κ2) is 3.58. The van der Waals surface area contributed by atoms with Gasteiger partial charge in [-0.1, -0.05) is 13.8 Å². The highest BCUT2D eigenvalue weighted by molar-refractivity contribution is 5.06. The van der Waals surface area contributed by atoms with Crippen LogP contribution in [0.15, 0.2) is 18.3 Å². The molecule has 0 atom stereocenters. The van der Waals surface area contributed by atoms with Gasteiger partial charge in [0.1, 0.15) is 0 Å². The molecule has 1 heterocycles. The van der Waals surface area contributed by atoms with Crippen molar-refractivity contribution in [3.05, 3.63) is 24.0 Å². The first-order chi connectivity index (χ1) is 5.24. The van der Waals surface area contributed by atoms with Crippen molar-refractivity contribution in [2.24, 2.45) is 11.7 Å². The van der Waals surface area contributed by atoms with Gasteiger partial charge in [-0.25, -0.2) is 0 Å². The predicted molar refractivity (Wildman–Crippen MR) is 47.2 cm³/mol. The molecular weight excluding hydrogens is 136 g/mol. The summed E-state index contributed by atoms with van der Waals surface area (Å²) in [6, 6.07) is 4.12. The zero-order valence-electron chi connectivity index (χ0n) is 7.25. The normalized spacial score (nSPS) is 10.9. The van der Waals surface area contributed by atoms with Crippen molar-refractivity contribution in [2.45, 2.75) is 26.9 Å². The van der Waals surface area contributed by atoms with Gasteiger partial charge in [-0.2, -0.15) is 0 Å². The third kappa shape index (κ3) is 2.09. The molecule has 2 N–H and O–H groups in total. The first-order valence-corrected chi connectivity index (χ1v) is 4.08. The number of nitrogens with two attached hydrogens (primary N) is 1. The topological polar surface area (TPSA) is 30.9 Å². The molecule has 62 valence electrons. The summed E-state index contributed by atoms with van der Waals surface area (Å²) in [5.41, 5.74) is 6.77. The average Bonchev–Trinajstić information content (AvgIpc) is 2.34. The molecular formula is C9H16N2. The molecule has 1 aromatic rings. The van der Waals surface area contributed by atoms with Gasteiger partial charge in [0.2, 0.25) is 0 Å². The minimum atomic E-state index is 0.639. The van der Waals surface area contributed by atoms with E-state index in [9.17, 15) is 0 Å². The van der Waals surface area contributed by atoms with Crippen LogP contribution in [-0.2, 0) is 13.1 Å². The largest absolute Gasteiger partial charge is 0.350 e. The van der Waals surface area contributed by atoms with Crippen LogP contribution >= 0.6 is 0 Å². The van der Waals surface area contributed by atoms with Crippen LogP contribution in [0, 0.1) is 5.92 Å². The lowest BCUT2D eigenvalue weighted by molar-refractivity contribution is 0.511. The highest BCUT2D eigenvalue weighted by Crippen LogP contribution is 2.05. The molecule has 0 aliphatic carbocycles. The summed E-state index contributed by atoms with van der Waals surface area (Å²) in [7, 11) is 0. The Balaban J connectivity index is 2.68. The zero-order chi connectivity index (χ0) is 8.27. The van der Waals surface area contributed by atoms with E-state index >= 15 is 0 Å². The number of hydrogen-bond donors (Lipinski definition) is 1. The monoisotopic (exact) mass is 152 g/mol. The van der Waals surface area contributed by atoms with E-state index in [0.717, 1.165) is 6.54 Å². The number of nitrogens with zero attached hydrogens (tertiary/aromatic N) is 1. The maximum absolute atomic E-state index is 5.55. The Morgan fingerprint density at radius 3 is 2.82 bits per heavy atom. The van der Waals surface area contributed by atoms with Gasteiger partial charge in [0, 0.05) is 25.0 Å². The average molecular weight is 152 g/mol. The van der Waals surface area contributed by atoms with Crippen molar-refractivity contribution in [2.75, 3.05) is 0 Å². The lowest BCUT2D eigenvalue weighted by Gasteiger charge is -2.09. The first-order valence-electron chi connectivity index (χ1n) is 4.08. The molecule has 0 bridgehead atoms. The summed E-state index contributed by atoms with van der Waals surface area (Å²) in [5.74, 6) is 0.688. The van der Waals surface area contributed by atoms with Crippen LogP contribution in [0.25, 0.3) is 0 Å². The highest BCUT2D eigenvalue weighted by atomic mass is 15.0. The Hall–Kier alpha value is -0.760. The molecule has 0 unspecified atom stereocenters. The van der Waals surface area contributed by atoms with Crippen molar-refractivity contribution < 1.29 is 0 Å². The summed E-state index contributed by atoms with van der Waals surface area (Å²) >= 11 is 0. The fourth-order valence-corrected chi connectivity index (χ4v) is 1.21. The second-order valence-corrected chi connectivity index (χ2v) is 3.25. The van der Waals surface area contributed by atoms with Gasteiger partial charge in [-0.15, -0.1) is 0 Å². The van der Waals surface area contributed by atoms with Crippen LogP contribution in [0.1, 0.15) is 19.5 Å². The van der Waals surface area contributed by atoms with E-state index in [4.69, 9.17) is 5.73 Å². The van der Waals surface area contributed by atoms with Crippen LogP contribution in [0.4, 0.5) is 0 Å². The SMILES string of the molecule is CC(C)Cn1cccc1CN. The molecule has 0 spiro atoms. The fraction of sp³-hybridized carbons (Fsp3) is 0.556. The minimum absolute atomic E-state index is 0.639. The summed E-state index contributed by atoms with van der Waals surface area (Å²) in [6.07, 6.45) is 2.09. The Kier molecular flexibility index (Phi) is 2.71. The van der Waals surface area contributed by atoms with Crippen LogP contribution in [0.5, 0.6) is 0 Å². The van der Waals surface area contributed by atoms with Gasteiger partial charge in [-0.05, 0) is 18.1 Å². The standard InChI is InChI=1S/C9H16N2/c1-8(2)7-11-5-3-4-9(11)6-10/h3-5,8H,6-7,10H2,1-2H3. The lowest BCUT2D eigenvalue weighted by Crippen LogP contribution is -2.09. The van der Waals surface area contributed by atoms with Gasteiger partial charge < -0.3 is 10.3 Å². The Labute approximate surface area is 68.0 Å². The third-order valence-electron chi connectivity index (χ3n) is 1.69. The van der Waals surface area contributed by atoms with E-state index in [1.165, 1.54) is 5.69 Å². The maximum atomic E-state index is 5.55. The molecule has 0 fully saturated rings. The Bertz CT molecular complexity index is 213. The number of rotatable bonds is 3. The Morgan fingerprint density at radius 1 is 1.55 bits per heavy atom. The Morgan fingerprint density at radius 2 is 2.27 bits per heavy atom. The highest BCUT2D eigenvalue weighted by Gasteiger charge is 1.99. The van der Waals surface area contributed by atoms with Crippen molar-refractivity contribution in [3.63, 3.8) is 0 Å². The van der Waals surface area contributed by atoms with E-state index < -0.39 is 0 Å². The van der Waals surface area contributed by atoms with Crippen molar-refractivity contribution in [3.8, 4) is 0 Å². The van der Waals surface area contributed by atoms with Crippen LogP contribution < -0.4 is 5.73 Å². The van der Waals surface area contributed by atoms with Gasteiger partial charge in [0.05, 0.1) is 0 Å². The molecule has 0 saturated heterocycles. The molecule has 0 aliphatic rings. The van der Waals surface area contributed by atoms with E-state index in [1.54, 1.807) is 0 Å². The molecule has 1 aromatic heterocycles. The van der Waals surface area contributed by atoms with Crippen molar-refractivity contribution >= 4 is 0 Å². The van der Waals surface area contributed by atoms with Crippen molar-refractivity contribution in [1.29, 1.82) is 0 Å². The molecule has 0 aromatic carbocycles. The summed E-state index contributed by atoms with van der Waals surface area (Å²) in [5, 5.41) is 0. The third-order valence-corrected chi connectivity index (χ3v) is 1.69. The van der Waals surface area contributed by atoms with Gasteiger partial charge in [0.15, 0.2) is 0 Å². The smallest absolute Gasteiger partial charge is 0.0334 e. The molecule has 2 nitrogen and oxygen atoms in total. The number of hydrogen-bond acceptors (Lipinski definition) is 1. The second-order valence-electron chi connectivity index (χ2n) is 3.25. The van der Waals surface area contributed by atoms with E-state index in [2.05, 4.69) is 30.7 Å². The lowest BCUT2D eigenvalue weighted by atomic mass is 10.2. The first kappa shape index (κ1) is 8.34. The molecule has 11 heavy (non-hydrogen) atoms. The predicted octanol–water partition coefficient (Wildman–Crippen LogP) is 1.60. The zero-order valence-corrected chi connectivity index (χ0v) is 7.25. The molecule has 0 radical (unpaired) electrons. The van der Waals surface area contributed by atoms with Crippen LogP contribution in [0.2, 0.25) is 0 Å². The van der Waals surface area contributed by atoms with Gasteiger partial charge in [-0.3, -0.25) is 0 Å². The summed E-state index contributed by atoms with van der Waals surface area (Å²) < 4.78 is 2.21. The minimum Gasteiger partial charge on any atom is -0.350 e. The number of aromatic nitrogens is 1. The van der Waals surface area contributed by atoms with Crippen LogP contribution in [0.3, 0.4) is 0 Å².